The summed E-state index contributed by atoms with van der Waals surface area (Å²) in [4.78, 5) is 0. The first-order valence-corrected chi connectivity index (χ1v) is 7.52. The van der Waals surface area contributed by atoms with Gasteiger partial charge in [0.05, 0.1) is 11.9 Å². The topological polar surface area (TPSA) is 68.0 Å². The van der Waals surface area contributed by atoms with Crippen LogP contribution in [-0.2, 0) is 0 Å². The second-order valence-corrected chi connectivity index (χ2v) is 5.19. The van der Waals surface area contributed by atoms with Crippen molar-refractivity contribution >= 4 is 22.9 Å². The molecule has 4 rings (SSSR count). The van der Waals surface area contributed by atoms with Gasteiger partial charge in [0.25, 0.3) is 5.95 Å². The molecule has 0 spiro atoms. The van der Waals surface area contributed by atoms with Crippen molar-refractivity contribution in [3.05, 3.63) is 78.4 Å². The minimum Gasteiger partial charge on any atom is -0.244 e. The van der Waals surface area contributed by atoms with Crippen LogP contribution in [0.4, 0.5) is 5.95 Å². The van der Waals surface area contributed by atoms with Crippen molar-refractivity contribution in [2.24, 2.45) is 5.10 Å². The number of anilines is 1. The van der Waals surface area contributed by atoms with Crippen LogP contribution < -0.4 is 5.43 Å². The Morgan fingerprint density at radius 2 is 1.67 bits per heavy atom. The Morgan fingerprint density at radius 1 is 0.875 bits per heavy atom. The monoisotopic (exact) mass is 314 g/mol. The van der Waals surface area contributed by atoms with Crippen molar-refractivity contribution in [3.8, 4) is 5.69 Å². The number of benzene rings is 3. The lowest BCUT2D eigenvalue weighted by atomic mass is 10.1. The summed E-state index contributed by atoms with van der Waals surface area (Å²) in [6, 6.07) is 24.0. The Kier molecular flexibility index (Phi) is 3.69. The summed E-state index contributed by atoms with van der Waals surface area (Å²) in [5, 5.41) is 18.3. The summed E-state index contributed by atoms with van der Waals surface area (Å²) in [7, 11) is 0. The summed E-state index contributed by atoms with van der Waals surface area (Å²) in [6.07, 6.45) is 1.72. The minimum atomic E-state index is 0.457. The van der Waals surface area contributed by atoms with E-state index >= 15 is 0 Å². The maximum atomic E-state index is 4.21. The quantitative estimate of drug-likeness (QED) is 0.464. The molecule has 0 radical (unpaired) electrons. The molecular formula is C18H14N6. The van der Waals surface area contributed by atoms with Gasteiger partial charge in [-0.2, -0.15) is 9.78 Å². The van der Waals surface area contributed by atoms with Crippen molar-refractivity contribution in [2.75, 3.05) is 5.43 Å². The fourth-order valence-corrected chi connectivity index (χ4v) is 2.52. The average Bonchev–Trinajstić information content (AvgIpc) is 3.10. The molecule has 116 valence electrons. The normalized spacial score (nSPS) is 11.2. The third-order valence-corrected chi connectivity index (χ3v) is 3.64. The van der Waals surface area contributed by atoms with Crippen LogP contribution in [0.15, 0.2) is 77.9 Å². The third-order valence-electron chi connectivity index (χ3n) is 3.64. The van der Waals surface area contributed by atoms with Crippen LogP contribution in [0.5, 0.6) is 0 Å². The molecule has 0 amide bonds. The number of fused-ring (bicyclic) bond motifs is 1. The number of aromatic nitrogens is 4. The number of hydrazone groups is 1. The molecule has 1 N–H and O–H groups in total. The lowest BCUT2D eigenvalue weighted by Crippen LogP contribution is -2.04. The average molecular weight is 314 g/mol. The highest BCUT2D eigenvalue weighted by Crippen LogP contribution is 2.23. The molecule has 0 atom stereocenters. The predicted octanol–water partition coefficient (Wildman–Crippen LogP) is 3.26. The van der Waals surface area contributed by atoms with Crippen molar-refractivity contribution < 1.29 is 0 Å². The van der Waals surface area contributed by atoms with Gasteiger partial charge in [-0.25, -0.2) is 5.43 Å². The van der Waals surface area contributed by atoms with E-state index in [1.807, 2.05) is 60.7 Å². The molecule has 24 heavy (non-hydrogen) atoms. The first-order chi connectivity index (χ1) is 11.9. The molecule has 0 saturated carbocycles. The molecule has 1 aromatic heterocycles. The number of nitrogens with one attached hydrogen (secondary N) is 1. The van der Waals surface area contributed by atoms with Gasteiger partial charge in [0.15, 0.2) is 0 Å². The molecular weight excluding hydrogens is 300 g/mol. The lowest BCUT2D eigenvalue weighted by Gasteiger charge is -2.07. The van der Waals surface area contributed by atoms with Crippen LogP contribution in [-0.4, -0.2) is 26.4 Å². The van der Waals surface area contributed by atoms with E-state index < -0.39 is 0 Å². The zero-order chi connectivity index (χ0) is 16.2. The molecule has 0 unspecified atom stereocenters. The second kappa shape index (κ2) is 6.29. The van der Waals surface area contributed by atoms with Crippen LogP contribution in [0.3, 0.4) is 0 Å². The van der Waals surface area contributed by atoms with Crippen LogP contribution in [0.1, 0.15) is 5.56 Å². The van der Waals surface area contributed by atoms with Gasteiger partial charge in [-0.1, -0.05) is 71.8 Å². The molecule has 1 heterocycles. The first-order valence-electron chi connectivity index (χ1n) is 7.52. The van der Waals surface area contributed by atoms with Gasteiger partial charge in [0, 0.05) is 5.39 Å². The van der Waals surface area contributed by atoms with Crippen molar-refractivity contribution in [3.63, 3.8) is 0 Å². The lowest BCUT2D eigenvalue weighted by molar-refractivity contribution is 0.794. The highest BCUT2D eigenvalue weighted by atomic mass is 15.6. The maximum Gasteiger partial charge on any atom is 0.268 e. The van der Waals surface area contributed by atoms with Crippen LogP contribution in [0, 0.1) is 0 Å². The fraction of sp³-hybridized carbons (Fsp3) is 0. The Hall–Kier alpha value is -3.54. The highest BCUT2D eigenvalue weighted by Gasteiger charge is 2.10. The Bertz CT molecular complexity index is 985. The van der Waals surface area contributed by atoms with Crippen LogP contribution in [0.25, 0.3) is 16.5 Å². The number of tetrazole rings is 1. The predicted molar refractivity (Wildman–Crippen MR) is 94.3 cm³/mol. The number of rotatable bonds is 4. The zero-order valence-electron chi connectivity index (χ0n) is 12.7. The summed E-state index contributed by atoms with van der Waals surface area (Å²) in [5.74, 6) is 0.457. The standard InChI is InChI=1S/C18H14N6/c1-2-7-14(8-3-1)13-19-20-18-21-22-23-24(18)17-12-6-10-15-9-4-5-11-16(15)17/h1-13H,(H,20,21,23)/b19-13+. The minimum absolute atomic E-state index is 0.457. The molecule has 6 nitrogen and oxygen atoms in total. The van der Waals surface area contributed by atoms with Crippen LogP contribution >= 0.6 is 0 Å². The van der Waals surface area contributed by atoms with E-state index in [0.29, 0.717) is 5.95 Å². The second-order valence-electron chi connectivity index (χ2n) is 5.19. The largest absolute Gasteiger partial charge is 0.268 e. The smallest absolute Gasteiger partial charge is 0.244 e. The molecule has 0 aliphatic carbocycles. The van der Waals surface area contributed by atoms with E-state index in [2.05, 4.69) is 38.2 Å². The summed E-state index contributed by atoms with van der Waals surface area (Å²) >= 11 is 0. The zero-order valence-corrected chi connectivity index (χ0v) is 12.7. The van der Waals surface area contributed by atoms with Gasteiger partial charge in [-0.05, 0) is 27.4 Å². The van der Waals surface area contributed by atoms with Gasteiger partial charge >= 0.3 is 0 Å². The molecule has 0 aliphatic rings. The molecule has 0 aliphatic heterocycles. The number of hydrogen-bond donors (Lipinski definition) is 1. The van der Waals surface area contributed by atoms with E-state index in [1.54, 1.807) is 10.9 Å². The van der Waals surface area contributed by atoms with Gasteiger partial charge in [0.1, 0.15) is 0 Å². The SMILES string of the molecule is C(=N\Nc1nnnn1-c1cccc2ccccc12)/c1ccccc1. The molecule has 4 aromatic rings. The summed E-state index contributed by atoms with van der Waals surface area (Å²) < 4.78 is 1.64. The van der Waals surface area contributed by atoms with E-state index in [1.165, 1.54) is 0 Å². The molecule has 0 bridgehead atoms. The highest BCUT2D eigenvalue weighted by molar-refractivity contribution is 5.90. The molecule has 0 fully saturated rings. The van der Waals surface area contributed by atoms with Gasteiger partial charge in [-0.15, -0.1) is 0 Å². The molecule has 3 aromatic carbocycles. The van der Waals surface area contributed by atoms with Gasteiger partial charge in [0.2, 0.25) is 0 Å². The van der Waals surface area contributed by atoms with Crippen LogP contribution in [0.2, 0.25) is 0 Å². The number of nitrogens with zero attached hydrogens (tertiary/aromatic N) is 5. The molecule has 0 saturated heterocycles. The van der Waals surface area contributed by atoms with Crippen molar-refractivity contribution in [2.45, 2.75) is 0 Å². The summed E-state index contributed by atoms with van der Waals surface area (Å²) in [5.41, 5.74) is 4.79. The van der Waals surface area contributed by atoms with Crippen molar-refractivity contribution in [1.82, 2.24) is 20.2 Å². The maximum absolute atomic E-state index is 4.21. The van der Waals surface area contributed by atoms with E-state index in [-0.39, 0.29) is 0 Å². The molecule has 6 heteroatoms. The van der Waals surface area contributed by atoms with Gasteiger partial charge in [-0.3, -0.25) is 0 Å². The van der Waals surface area contributed by atoms with E-state index in [4.69, 9.17) is 0 Å². The third kappa shape index (κ3) is 2.72. The Morgan fingerprint density at radius 3 is 2.58 bits per heavy atom. The first kappa shape index (κ1) is 14.1. The van der Waals surface area contributed by atoms with E-state index in [9.17, 15) is 0 Å². The Labute approximate surface area is 138 Å². The fourth-order valence-electron chi connectivity index (χ4n) is 2.52. The van der Waals surface area contributed by atoms with Gasteiger partial charge < -0.3 is 0 Å². The summed E-state index contributed by atoms with van der Waals surface area (Å²) in [6.45, 7) is 0. The van der Waals surface area contributed by atoms with E-state index in [0.717, 1.165) is 22.0 Å². The Balaban J connectivity index is 1.66. The van der Waals surface area contributed by atoms with Crippen molar-refractivity contribution in [1.29, 1.82) is 0 Å². The number of hydrogen-bond acceptors (Lipinski definition) is 5.